The SMILES string of the molecule is C1=CC(C2CCC(Oc3ccccn3)CC2)=CCC1. The van der Waals surface area contributed by atoms with Crippen molar-refractivity contribution < 1.29 is 4.74 Å². The molecular formula is C17H21NO. The zero-order chi connectivity index (χ0) is 12.9. The maximum atomic E-state index is 5.94. The number of aromatic nitrogens is 1. The van der Waals surface area contributed by atoms with E-state index in [0.717, 1.165) is 24.6 Å². The van der Waals surface area contributed by atoms with Gasteiger partial charge >= 0.3 is 0 Å². The molecule has 1 fully saturated rings. The zero-order valence-electron chi connectivity index (χ0n) is 11.3. The largest absolute Gasteiger partial charge is 0.474 e. The first-order valence-electron chi connectivity index (χ1n) is 7.36. The summed E-state index contributed by atoms with van der Waals surface area (Å²) >= 11 is 0. The van der Waals surface area contributed by atoms with E-state index in [9.17, 15) is 0 Å². The molecule has 0 N–H and O–H groups in total. The molecule has 1 heterocycles. The molecule has 0 unspecified atom stereocenters. The second-order valence-electron chi connectivity index (χ2n) is 5.44. The molecule has 0 aromatic carbocycles. The quantitative estimate of drug-likeness (QED) is 0.803. The highest BCUT2D eigenvalue weighted by atomic mass is 16.5. The fourth-order valence-electron chi connectivity index (χ4n) is 3.04. The summed E-state index contributed by atoms with van der Waals surface area (Å²) in [4.78, 5) is 4.24. The predicted octanol–water partition coefficient (Wildman–Crippen LogP) is 4.30. The van der Waals surface area contributed by atoms with Crippen LogP contribution in [0.4, 0.5) is 0 Å². The van der Waals surface area contributed by atoms with Gasteiger partial charge in [-0.2, -0.15) is 0 Å². The molecule has 0 aliphatic heterocycles. The number of nitrogens with zero attached hydrogens (tertiary/aromatic N) is 1. The van der Waals surface area contributed by atoms with Crippen molar-refractivity contribution in [1.82, 2.24) is 4.98 Å². The lowest BCUT2D eigenvalue weighted by molar-refractivity contribution is 0.134. The van der Waals surface area contributed by atoms with Gasteiger partial charge in [-0.3, -0.25) is 0 Å². The van der Waals surface area contributed by atoms with Gasteiger partial charge in [-0.15, -0.1) is 0 Å². The second-order valence-corrected chi connectivity index (χ2v) is 5.44. The summed E-state index contributed by atoms with van der Waals surface area (Å²) in [6.45, 7) is 0. The van der Waals surface area contributed by atoms with Gasteiger partial charge in [0.15, 0.2) is 0 Å². The van der Waals surface area contributed by atoms with Crippen molar-refractivity contribution in [2.75, 3.05) is 0 Å². The Morgan fingerprint density at radius 1 is 1.05 bits per heavy atom. The molecule has 1 aromatic rings. The molecule has 1 aromatic heterocycles. The van der Waals surface area contributed by atoms with Crippen LogP contribution in [0.25, 0.3) is 0 Å². The van der Waals surface area contributed by atoms with Gasteiger partial charge < -0.3 is 4.74 Å². The average Bonchev–Trinajstić information content (AvgIpc) is 2.50. The van der Waals surface area contributed by atoms with E-state index >= 15 is 0 Å². The van der Waals surface area contributed by atoms with Crippen molar-refractivity contribution in [2.24, 2.45) is 5.92 Å². The van der Waals surface area contributed by atoms with Crippen molar-refractivity contribution >= 4 is 0 Å². The predicted molar refractivity (Wildman–Crippen MR) is 77.1 cm³/mol. The van der Waals surface area contributed by atoms with Crippen LogP contribution < -0.4 is 4.74 Å². The van der Waals surface area contributed by atoms with E-state index in [1.807, 2.05) is 18.2 Å². The van der Waals surface area contributed by atoms with Crippen molar-refractivity contribution in [3.05, 3.63) is 48.2 Å². The Morgan fingerprint density at radius 2 is 1.95 bits per heavy atom. The molecule has 0 spiro atoms. The van der Waals surface area contributed by atoms with Gasteiger partial charge in [0.05, 0.1) is 0 Å². The number of allylic oxidation sites excluding steroid dienone is 4. The number of hydrogen-bond acceptors (Lipinski definition) is 2. The minimum Gasteiger partial charge on any atom is -0.474 e. The van der Waals surface area contributed by atoms with Gasteiger partial charge in [-0.1, -0.05) is 24.3 Å². The highest BCUT2D eigenvalue weighted by molar-refractivity contribution is 5.25. The van der Waals surface area contributed by atoms with Crippen molar-refractivity contribution in [3.63, 3.8) is 0 Å². The maximum absolute atomic E-state index is 5.94. The van der Waals surface area contributed by atoms with Crippen LogP contribution in [0, 0.1) is 5.92 Å². The summed E-state index contributed by atoms with van der Waals surface area (Å²) in [5, 5.41) is 0. The Balaban J connectivity index is 1.52. The number of ether oxygens (including phenoxy) is 1. The topological polar surface area (TPSA) is 22.1 Å². The van der Waals surface area contributed by atoms with Crippen LogP contribution in [-0.2, 0) is 0 Å². The standard InChI is InChI=1S/C17H21NO/c1-2-6-14(7-3-1)15-9-11-16(12-10-15)19-17-8-4-5-13-18-17/h2,4-8,13,15-16H,1,3,9-12H2. The third kappa shape index (κ3) is 3.25. The van der Waals surface area contributed by atoms with Gasteiger partial charge in [0.25, 0.3) is 0 Å². The zero-order valence-corrected chi connectivity index (χ0v) is 11.3. The van der Waals surface area contributed by atoms with E-state index in [4.69, 9.17) is 4.74 Å². The van der Waals surface area contributed by atoms with Crippen molar-refractivity contribution in [1.29, 1.82) is 0 Å². The van der Waals surface area contributed by atoms with E-state index in [1.165, 1.54) is 25.7 Å². The van der Waals surface area contributed by atoms with Gasteiger partial charge in [-0.25, -0.2) is 4.98 Å². The number of rotatable bonds is 3. The Kier molecular flexibility index (Phi) is 3.97. The lowest BCUT2D eigenvalue weighted by Gasteiger charge is -2.30. The first-order valence-corrected chi connectivity index (χ1v) is 7.36. The van der Waals surface area contributed by atoms with E-state index in [0.29, 0.717) is 6.10 Å². The molecular weight excluding hydrogens is 234 g/mol. The summed E-state index contributed by atoms with van der Waals surface area (Å²) < 4.78 is 5.94. The first-order chi connectivity index (χ1) is 9.42. The summed E-state index contributed by atoms with van der Waals surface area (Å²) in [5.41, 5.74) is 1.56. The van der Waals surface area contributed by atoms with E-state index < -0.39 is 0 Å². The van der Waals surface area contributed by atoms with E-state index in [1.54, 1.807) is 11.8 Å². The van der Waals surface area contributed by atoms with Crippen LogP contribution in [0.3, 0.4) is 0 Å². The molecule has 0 saturated heterocycles. The fourth-order valence-corrected chi connectivity index (χ4v) is 3.04. The molecule has 3 rings (SSSR count). The molecule has 19 heavy (non-hydrogen) atoms. The Hall–Kier alpha value is -1.57. The Bertz CT molecular complexity index is 455. The van der Waals surface area contributed by atoms with Crippen molar-refractivity contribution in [2.45, 2.75) is 44.6 Å². The van der Waals surface area contributed by atoms with E-state index in [-0.39, 0.29) is 0 Å². The third-order valence-electron chi connectivity index (χ3n) is 4.09. The number of hydrogen-bond donors (Lipinski definition) is 0. The average molecular weight is 255 g/mol. The first kappa shape index (κ1) is 12.5. The lowest BCUT2D eigenvalue weighted by Crippen LogP contribution is -2.25. The molecule has 0 amide bonds. The molecule has 0 bridgehead atoms. The van der Waals surface area contributed by atoms with Gasteiger partial charge in [-0.05, 0) is 56.1 Å². The summed E-state index contributed by atoms with van der Waals surface area (Å²) in [7, 11) is 0. The smallest absolute Gasteiger partial charge is 0.213 e. The Morgan fingerprint density at radius 3 is 2.63 bits per heavy atom. The number of pyridine rings is 1. The molecule has 2 aliphatic carbocycles. The van der Waals surface area contributed by atoms with Crippen LogP contribution >= 0.6 is 0 Å². The molecule has 0 atom stereocenters. The molecule has 1 saturated carbocycles. The highest BCUT2D eigenvalue weighted by Crippen LogP contribution is 2.33. The van der Waals surface area contributed by atoms with Crippen LogP contribution in [0.15, 0.2) is 48.2 Å². The minimum absolute atomic E-state index is 0.347. The van der Waals surface area contributed by atoms with Gasteiger partial charge in [0.1, 0.15) is 6.10 Å². The fraction of sp³-hybridized carbons (Fsp3) is 0.471. The van der Waals surface area contributed by atoms with Crippen LogP contribution in [0.1, 0.15) is 38.5 Å². The Labute approximate surface area is 115 Å². The van der Waals surface area contributed by atoms with Crippen molar-refractivity contribution in [3.8, 4) is 5.88 Å². The summed E-state index contributed by atoms with van der Waals surface area (Å²) in [5.74, 6) is 1.52. The van der Waals surface area contributed by atoms with Crippen LogP contribution in [-0.4, -0.2) is 11.1 Å². The van der Waals surface area contributed by atoms with E-state index in [2.05, 4.69) is 23.2 Å². The summed E-state index contributed by atoms with van der Waals surface area (Å²) in [6.07, 6.45) is 16.4. The molecule has 2 heteroatoms. The normalized spacial score (nSPS) is 26.8. The minimum atomic E-state index is 0.347. The maximum Gasteiger partial charge on any atom is 0.213 e. The van der Waals surface area contributed by atoms with Crippen LogP contribution in [0.2, 0.25) is 0 Å². The molecule has 0 radical (unpaired) electrons. The highest BCUT2D eigenvalue weighted by Gasteiger charge is 2.24. The third-order valence-corrected chi connectivity index (χ3v) is 4.09. The molecule has 2 nitrogen and oxygen atoms in total. The lowest BCUT2D eigenvalue weighted by atomic mass is 9.81. The monoisotopic (exact) mass is 255 g/mol. The summed E-state index contributed by atoms with van der Waals surface area (Å²) in [6, 6.07) is 5.84. The second kappa shape index (κ2) is 6.05. The van der Waals surface area contributed by atoms with Crippen LogP contribution in [0.5, 0.6) is 5.88 Å². The molecule has 2 aliphatic rings. The van der Waals surface area contributed by atoms with Gasteiger partial charge in [0, 0.05) is 12.3 Å². The molecule has 100 valence electrons. The van der Waals surface area contributed by atoms with Gasteiger partial charge in [0.2, 0.25) is 5.88 Å².